The lowest BCUT2D eigenvalue weighted by molar-refractivity contribution is -0.274. The van der Waals surface area contributed by atoms with Crippen LogP contribution in [0, 0.1) is 0 Å². The number of hydrogen-bond acceptors (Lipinski definition) is 2. The van der Waals surface area contributed by atoms with Gasteiger partial charge in [-0.3, -0.25) is 0 Å². The Labute approximate surface area is 125 Å². The highest BCUT2D eigenvalue weighted by molar-refractivity contribution is 6.31. The summed E-state index contributed by atoms with van der Waals surface area (Å²) in [5, 5.41) is 0.512. The van der Waals surface area contributed by atoms with E-state index >= 15 is 0 Å². The topological polar surface area (TPSA) is 12.5 Å². The Morgan fingerprint density at radius 3 is 2.33 bits per heavy atom. The fourth-order valence-electron chi connectivity index (χ4n) is 1.87. The van der Waals surface area contributed by atoms with Gasteiger partial charge in [0.25, 0.3) is 0 Å². The van der Waals surface area contributed by atoms with Gasteiger partial charge in [0.05, 0.1) is 0 Å². The third-order valence-corrected chi connectivity index (χ3v) is 3.02. The Morgan fingerprint density at radius 2 is 1.71 bits per heavy atom. The summed E-state index contributed by atoms with van der Waals surface area (Å²) in [5.41, 5.74) is 2.18. The van der Waals surface area contributed by atoms with E-state index in [9.17, 15) is 13.2 Å². The third-order valence-electron chi connectivity index (χ3n) is 2.80. The molecule has 112 valence electrons. The van der Waals surface area contributed by atoms with Crippen LogP contribution in [0.25, 0.3) is 11.1 Å². The number of alkyl halides is 3. The van der Waals surface area contributed by atoms with Crippen molar-refractivity contribution >= 4 is 17.3 Å². The molecule has 2 aromatic carbocycles. The van der Waals surface area contributed by atoms with Crippen molar-refractivity contribution in [1.82, 2.24) is 0 Å². The Balaban J connectivity index is 2.40. The van der Waals surface area contributed by atoms with Gasteiger partial charge in [0.1, 0.15) is 5.75 Å². The van der Waals surface area contributed by atoms with E-state index < -0.39 is 6.36 Å². The van der Waals surface area contributed by atoms with E-state index in [-0.39, 0.29) is 5.75 Å². The van der Waals surface area contributed by atoms with Crippen LogP contribution >= 0.6 is 11.6 Å². The lowest BCUT2D eigenvalue weighted by Gasteiger charge is -2.15. The normalized spacial score (nSPS) is 11.3. The molecule has 0 aliphatic heterocycles. The van der Waals surface area contributed by atoms with Gasteiger partial charge in [-0.25, -0.2) is 0 Å². The molecule has 21 heavy (non-hydrogen) atoms. The van der Waals surface area contributed by atoms with E-state index in [2.05, 4.69) is 4.74 Å². The van der Waals surface area contributed by atoms with Crippen LogP contribution in [0.2, 0.25) is 5.02 Å². The number of benzene rings is 2. The Bertz CT molecular complexity index is 641. The molecule has 0 heterocycles. The average Bonchev–Trinajstić information content (AvgIpc) is 2.36. The minimum atomic E-state index is -4.71. The van der Waals surface area contributed by atoms with Crippen molar-refractivity contribution in [2.24, 2.45) is 0 Å². The summed E-state index contributed by atoms with van der Waals surface area (Å²) in [6, 6.07) is 11.1. The van der Waals surface area contributed by atoms with Gasteiger partial charge in [-0.15, -0.1) is 13.2 Å². The molecule has 0 saturated heterocycles. The minimum Gasteiger partial charge on any atom is -0.406 e. The molecule has 0 fully saturated rings. The molecule has 0 spiro atoms. The first-order valence-corrected chi connectivity index (χ1v) is 6.46. The predicted octanol–water partition coefficient (Wildman–Crippen LogP) is 4.97. The second kappa shape index (κ2) is 5.85. The van der Waals surface area contributed by atoms with Crippen molar-refractivity contribution in [1.29, 1.82) is 0 Å². The fourth-order valence-corrected chi connectivity index (χ4v) is 2.10. The van der Waals surface area contributed by atoms with E-state index in [1.165, 1.54) is 18.2 Å². The molecule has 0 N–H and O–H groups in total. The zero-order chi connectivity index (χ0) is 15.6. The van der Waals surface area contributed by atoms with Gasteiger partial charge in [-0.05, 0) is 41.5 Å². The Morgan fingerprint density at radius 1 is 1.00 bits per heavy atom. The number of halogens is 4. The molecule has 0 unspecified atom stereocenters. The summed E-state index contributed by atoms with van der Waals surface area (Å²) in [6.07, 6.45) is -4.71. The van der Waals surface area contributed by atoms with Crippen molar-refractivity contribution in [2.45, 2.75) is 6.36 Å². The first-order valence-electron chi connectivity index (χ1n) is 6.09. The van der Waals surface area contributed by atoms with Crippen molar-refractivity contribution in [3.63, 3.8) is 0 Å². The summed E-state index contributed by atoms with van der Waals surface area (Å²) in [5.74, 6) is -0.258. The highest BCUT2D eigenvalue weighted by Gasteiger charge is 2.31. The fraction of sp³-hybridized carbons (Fsp3) is 0.200. The molecule has 2 rings (SSSR count). The molecular weight excluding hydrogens is 303 g/mol. The Hall–Kier alpha value is -1.88. The van der Waals surface area contributed by atoms with Crippen LogP contribution in [-0.4, -0.2) is 20.5 Å². The maximum absolute atomic E-state index is 12.3. The number of nitrogens with zero attached hydrogens (tertiary/aromatic N) is 1. The molecule has 0 radical (unpaired) electrons. The van der Waals surface area contributed by atoms with E-state index in [0.717, 1.165) is 11.3 Å². The smallest absolute Gasteiger partial charge is 0.406 e. The van der Waals surface area contributed by atoms with Crippen LogP contribution in [0.4, 0.5) is 18.9 Å². The van der Waals surface area contributed by atoms with Gasteiger partial charge in [-0.1, -0.05) is 23.7 Å². The first kappa shape index (κ1) is 15.5. The summed E-state index contributed by atoms with van der Waals surface area (Å²) >= 11 is 6.05. The standard InChI is InChI=1S/C15H13ClF3NO/c1-20(2)13-7-11(6-12(16)9-13)10-4-3-5-14(8-10)21-15(17,18)19/h3-9H,1-2H3. The van der Waals surface area contributed by atoms with Crippen LogP contribution in [0.15, 0.2) is 42.5 Å². The van der Waals surface area contributed by atoms with E-state index in [0.29, 0.717) is 10.6 Å². The predicted molar refractivity (Wildman–Crippen MR) is 77.9 cm³/mol. The zero-order valence-corrected chi connectivity index (χ0v) is 12.2. The molecule has 2 nitrogen and oxygen atoms in total. The molecule has 0 aliphatic rings. The Kier molecular flexibility index (Phi) is 4.32. The maximum atomic E-state index is 12.3. The zero-order valence-electron chi connectivity index (χ0n) is 11.4. The molecule has 0 bridgehead atoms. The molecular formula is C15H13ClF3NO. The SMILES string of the molecule is CN(C)c1cc(Cl)cc(-c2cccc(OC(F)(F)F)c2)c1. The molecule has 0 aromatic heterocycles. The van der Waals surface area contributed by atoms with Crippen LogP contribution in [-0.2, 0) is 0 Å². The highest BCUT2D eigenvalue weighted by atomic mass is 35.5. The monoisotopic (exact) mass is 315 g/mol. The van der Waals surface area contributed by atoms with Crippen LogP contribution in [0.1, 0.15) is 0 Å². The van der Waals surface area contributed by atoms with Crippen molar-refractivity contribution in [3.05, 3.63) is 47.5 Å². The molecule has 0 saturated carbocycles. The van der Waals surface area contributed by atoms with Crippen LogP contribution in [0.5, 0.6) is 5.75 Å². The molecule has 6 heteroatoms. The van der Waals surface area contributed by atoms with Crippen molar-refractivity contribution in [3.8, 4) is 16.9 Å². The average molecular weight is 316 g/mol. The van der Waals surface area contributed by atoms with Gasteiger partial charge < -0.3 is 9.64 Å². The second-order valence-electron chi connectivity index (χ2n) is 4.67. The van der Waals surface area contributed by atoms with Gasteiger partial charge in [-0.2, -0.15) is 0 Å². The number of ether oxygens (including phenoxy) is 1. The lowest BCUT2D eigenvalue weighted by Crippen LogP contribution is -2.17. The summed E-state index contributed by atoms with van der Waals surface area (Å²) in [6.45, 7) is 0. The number of hydrogen-bond donors (Lipinski definition) is 0. The number of rotatable bonds is 3. The van der Waals surface area contributed by atoms with Crippen molar-refractivity contribution < 1.29 is 17.9 Å². The van der Waals surface area contributed by atoms with Gasteiger partial charge >= 0.3 is 6.36 Å². The number of anilines is 1. The summed E-state index contributed by atoms with van der Waals surface area (Å²) in [7, 11) is 3.72. The van der Waals surface area contributed by atoms with Crippen LogP contribution in [0.3, 0.4) is 0 Å². The molecule has 0 atom stereocenters. The first-order chi connectivity index (χ1) is 9.74. The largest absolute Gasteiger partial charge is 0.573 e. The van der Waals surface area contributed by atoms with Gasteiger partial charge in [0.2, 0.25) is 0 Å². The van der Waals surface area contributed by atoms with E-state index in [4.69, 9.17) is 11.6 Å². The maximum Gasteiger partial charge on any atom is 0.573 e. The van der Waals surface area contributed by atoms with E-state index in [1.807, 2.05) is 25.1 Å². The van der Waals surface area contributed by atoms with E-state index in [1.54, 1.807) is 18.2 Å². The van der Waals surface area contributed by atoms with Crippen molar-refractivity contribution in [2.75, 3.05) is 19.0 Å². The summed E-state index contributed by atoms with van der Waals surface area (Å²) < 4.78 is 40.7. The second-order valence-corrected chi connectivity index (χ2v) is 5.10. The quantitative estimate of drug-likeness (QED) is 0.792. The highest BCUT2D eigenvalue weighted by Crippen LogP contribution is 2.31. The molecule has 2 aromatic rings. The third kappa shape index (κ3) is 4.29. The summed E-state index contributed by atoms with van der Waals surface area (Å²) in [4.78, 5) is 1.87. The molecule has 0 amide bonds. The minimum absolute atomic E-state index is 0.258. The molecule has 0 aliphatic carbocycles. The van der Waals surface area contributed by atoms with Gasteiger partial charge in [0.15, 0.2) is 0 Å². The van der Waals surface area contributed by atoms with Gasteiger partial charge in [0, 0.05) is 24.8 Å². The lowest BCUT2D eigenvalue weighted by atomic mass is 10.0. The van der Waals surface area contributed by atoms with Crippen LogP contribution < -0.4 is 9.64 Å².